The van der Waals surface area contributed by atoms with Crippen LogP contribution in [0.3, 0.4) is 0 Å². The first kappa shape index (κ1) is 15.7. The van der Waals surface area contributed by atoms with Gasteiger partial charge in [0.1, 0.15) is 0 Å². The van der Waals surface area contributed by atoms with Crippen LogP contribution in [0.15, 0.2) is 0 Å². The first-order valence-corrected chi connectivity index (χ1v) is 6.14. The van der Waals surface area contributed by atoms with Crippen molar-refractivity contribution in [3.05, 3.63) is 0 Å². The topological polar surface area (TPSA) is 41.1 Å². The maximum Gasteiger partial charge on any atom is 0.221 e. The molecule has 0 saturated heterocycles. The number of nitrogens with one attached hydrogen (secondary N) is 2. The van der Waals surface area contributed by atoms with Gasteiger partial charge in [0.15, 0.2) is 0 Å². The Labute approximate surface area is 105 Å². The number of amides is 1. The lowest BCUT2D eigenvalue weighted by Crippen LogP contribution is -2.36. The third-order valence-corrected chi connectivity index (χ3v) is 3.68. The second kappa shape index (κ2) is 7.91. The van der Waals surface area contributed by atoms with Crippen LogP contribution in [0.2, 0.25) is 0 Å². The predicted molar refractivity (Wildman–Crippen MR) is 70.0 cm³/mol. The van der Waals surface area contributed by atoms with Crippen molar-refractivity contribution in [1.82, 2.24) is 10.6 Å². The van der Waals surface area contributed by atoms with Gasteiger partial charge in [0, 0.05) is 19.5 Å². The smallest absolute Gasteiger partial charge is 0.221 e. The maximum absolute atomic E-state index is 11.5. The zero-order valence-corrected chi connectivity index (χ0v) is 11.3. The summed E-state index contributed by atoms with van der Waals surface area (Å²) in [6.45, 7) is 3.89. The SMILES string of the molecule is CCC1(CNC(=O)CCNC)CCCC1.Cl. The molecular weight excluding hydrogens is 224 g/mol. The van der Waals surface area contributed by atoms with E-state index in [1.807, 2.05) is 7.05 Å². The van der Waals surface area contributed by atoms with Gasteiger partial charge in [0.05, 0.1) is 0 Å². The Morgan fingerprint density at radius 1 is 1.31 bits per heavy atom. The standard InChI is InChI=1S/C12H24N2O.ClH/c1-3-12(7-4-5-8-12)10-14-11(15)6-9-13-2;/h13H,3-10H2,1-2H3,(H,14,15);1H. The first-order chi connectivity index (χ1) is 7.22. The van der Waals surface area contributed by atoms with Crippen LogP contribution in [0.4, 0.5) is 0 Å². The van der Waals surface area contributed by atoms with E-state index in [0.717, 1.165) is 13.1 Å². The number of hydrogen-bond acceptors (Lipinski definition) is 2. The van der Waals surface area contributed by atoms with Crippen molar-refractivity contribution in [2.75, 3.05) is 20.1 Å². The normalized spacial score (nSPS) is 17.9. The number of rotatable bonds is 6. The summed E-state index contributed by atoms with van der Waals surface area (Å²) in [5.74, 6) is 0.184. The van der Waals surface area contributed by atoms with Gasteiger partial charge in [-0.15, -0.1) is 12.4 Å². The molecule has 1 saturated carbocycles. The molecule has 0 aliphatic heterocycles. The van der Waals surface area contributed by atoms with Gasteiger partial charge in [-0.1, -0.05) is 19.8 Å². The lowest BCUT2D eigenvalue weighted by Gasteiger charge is -2.27. The summed E-state index contributed by atoms with van der Waals surface area (Å²) >= 11 is 0. The molecule has 0 unspecified atom stereocenters. The molecule has 0 aromatic carbocycles. The molecule has 0 aromatic heterocycles. The molecule has 1 fully saturated rings. The van der Waals surface area contributed by atoms with Crippen LogP contribution < -0.4 is 10.6 Å². The average molecular weight is 249 g/mol. The summed E-state index contributed by atoms with van der Waals surface area (Å²) in [6, 6.07) is 0. The molecule has 16 heavy (non-hydrogen) atoms. The van der Waals surface area contributed by atoms with Gasteiger partial charge in [-0.2, -0.15) is 0 Å². The van der Waals surface area contributed by atoms with Gasteiger partial charge >= 0.3 is 0 Å². The third kappa shape index (κ3) is 4.71. The number of hydrogen-bond donors (Lipinski definition) is 2. The third-order valence-electron chi connectivity index (χ3n) is 3.68. The van der Waals surface area contributed by atoms with Gasteiger partial charge < -0.3 is 10.6 Å². The fourth-order valence-electron chi connectivity index (χ4n) is 2.39. The number of halogens is 1. The van der Waals surface area contributed by atoms with Crippen LogP contribution >= 0.6 is 12.4 Å². The quantitative estimate of drug-likeness (QED) is 0.756. The average Bonchev–Trinajstić information content (AvgIpc) is 2.73. The van der Waals surface area contributed by atoms with Gasteiger partial charge in [-0.05, 0) is 31.7 Å². The number of carbonyl (C=O) groups excluding carboxylic acids is 1. The monoisotopic (exact) mass is 248 g/mol. The fourth-order valence-corrected chi connectivity index (χ4v) is 2.39. The Bertz CT molecular complexity index is 203. The molecule has 96 valence electrons. The summed E-state index contributed by atoms with van der Waals surface area (Å²) in [5.41, 5.74) is 0.412. The van der Waals surface area contributed by atoms with Crippen LogP contribution in [0, 0.1) is 5.41 Å². The van der Waals surface area contributed by atoms with E-state index in [1.54, 1.807) is 0 Å². The van der Waals surface area contributed by atoms with Crippen molar-refractivity contribution >= 4 is 18.3 Å². The Balaban J connectivity index is 0.00000225. The highest BCUT2D eigenvalue weighted by Crippen LogP contribution is 2.40. The van der Waals surface area contributed by atoms with E-state index in [1.165, 1.54) is 32.1 Å². The van der Waals surface area contributed by atoms with Gasteiger partial charge in [-0.25, -0.2) is 0 Å². The Morgan fingerprint density at radius 2 is 1.94 bits per heavy atom. The highest BCUT2D eigenvalue weighted by Gasteiger charge is 2.31. The molecule has 1 aliphatic rings. The zero-order chi connectivity index (χ0) is 11.1. The fraction of sp³-hybridized carbons (Fsp3) is 0.917. The van der Waals surface area contributed by atoms with E-state index in [9.17, 15) is 4.79 Å². The van der Waals surface area contributed by atoms with E-state index >= 15 is 0 Å². The summed E-state index contributed by atoms with van der Waals surface area (Å²) in [4.78, 5) is 11.5. The van der Waals surface area contributed by atoms with E-state index in [4.69, 9.17) is 0 Å². The van der Waals surface area contributed by atoms with Crippen LogP contribution in [0.25, 0.3) is 0 Å². The molecular formula is C12H25ClN2O. The first-order valence-electron chi connectivity index (χ1n) is 6.14. The van der Waals surface area contributed by atoms with Crippen LogP contribution in [-0.4, -0.2) is 26.0 Å². The van der Waals surface area contributed by atoms with Crippen molar-refractivity contribution in [3.8, 4) is 0 Å². The second-order valence-electron chi connectivity index (χ2n) is 4.69. The van der Waals surface area contributed by atoms with Crippen molar-refractivity contribution in [3.63, 3.8) is 0 Å². The summed E-state index contributed by atoms with van der Waals surface area (Å²) in [5, 5.41) is 6.06. The van der Waals surface area contributed by atoms with Crippen LogP contribution in [0.5, 0.6) is 0 Å². The lowest BCUT2D eigenvalue weighted by molar-refractivity contribution is -0.121. The minimum atomic E-state index is 0. The van der Waals surface area contributed by atoms with Crippen molar-refractivity contribution in [1.29, 1.82) is 0 Å². The minimum absolute atomic E-state index is 0. The van der Waals surface area contributed by atoms with Gasteiger partial charge in [0.2, 0.25) is 5.91 Å². The highest BCUT2D eigenvalue weighted by atomic mass is 35.5. The molecule has 0 spiro atoms. The number of carbonyl (C=O) groups is 1. The van der Waals surface area contributed by atoms with Gasteiger partial charge in [0.25, 0.3) is 0 Å². The predicted octanol–water partition coefficient (Wildman–Crippen LogP) is 2.10. The Morgan fingerprint density at radius 3 is 2.44 bits per heavy atom. The Hall–Kier alpha value is -0.280. The maximum atomic E-state index is 11.5. The minimum Gasteiger partial charge on any atom is -0.356 e. The molecule has 0 heterocycles. The highest BCUT2D eigenvalue weighted by molar-refractivity contribution is 5.85. The van der Waals surface area contributed by atoms with E-state index in [2.05, 4.69) is 17.6 Å². The molecule has 3 nitrogen and oxygen atoms in total. The summed E-state index contributed by atoms with van der Waals surface area (Å²) < 4.78 is 0. The van der Waals surface area contributed by atoms with Crippen LogP contribution in [0.1, 0.15) is 45.4 Å². The molecule has 1 aliphatic carbocycles. The van der Waals surface area contributed by atoms with Crippen LogP contribution in [-0.2, 0) is 4.79 Å². The molecule has 0 atom stereocenters. The molecule has 1 rings (SSSR count). The largest absolute Gasteiger partial charge is 0.356 e. The Kier molecular flexibility index (Phi) is 7.77. The van der Waals surface area contributed by atoms with Crippen molar-refractivity contribution in [2.24, 2.45) is 5.41 Å². The zero-order valence-electron chi connectivity index (χ0n) is 10.5. The lowest BCUT2D eigenvalue weighted by atomic mass is 9.83. The van der Waals surface area contributed by atoms with E-state index < -0.39 is 0 Å². The van der Waals surface area contributed by atoms with Crippen molar-refractivity contribution < 1.29 is 4.79 Å². The van der Waals surface area contributed by atoms with E-state index in [-0.39, 0.29) is 18.3 Å². The second-order valence-corrected chi connectivity index (χ2v) is 4.69. The van der Waals surface area contributed by atoms with Crippen molar-refractivity contribution in [2.45, 2.75) is 45.4 Å². The molecule has 0 radical (unpaired) electrons. The molecule has 2 N–H and O–H groups in total. The van der Waals surface area contributed by atoms with E-state index in [0.29, 0.717) is 11.8 Å². The molecule has 4 heteroatoms. The molecule has 0 bridgehead atoms. The summed E-state index contributed by atoms with van der Waals surface area (Å²) in [6.07, 6.45) is 7.03. The molecule has 1 amide bonds. The molecule has 0 aromatic rings. The summed E-state index contributed by atoms with van der Waals surface area (Å²) in [7, 11) is 1.87. The van der Waals surface area contributed by atoms with Gasteiger partial charge in [-0.3, -0.25) is 4.79 Å².